The molecule has 16 heavy (non-hydrogen) atoms. The van der Waals surface area contributed by atoms with Gasteiger partial charge in [0.05, 0.1) is 9.48 Å². The lowest BCUT2D eigenvalue weighted by Crippen LogP contribution is -2.15. The molecular weight excluding hydrogens is 286 g/mol. The number of aromatic nitrogens is 2. The Kier molecular flexibility index (Phi) is 4.15. The van der Waals surface area contributed by atoms with E-state index in [-0.39, 0.29) is 0 Å². The highest BCUT2D eigenvalue weighted by Gasteiger charge is 2.01. The topological polar surface area (TPSA) is 29.9 Å². The van der Waals surface area contributed by atoms with Crippen LogP contribution in [0.25, 0.3) is 0 Å². The molecule has 0 aromatic carbocycles. The molecule has 0 aliphatic heterocycles. The fourth-order valence-corrected chi connectivity index (χ4v) is 3.01. The smallest absolute Gasteiger partial charge is 0.0701 e. The Balaban J connectivity index is 1.84. The van der Waals surface area contributed by atoms with Crippen molar-refractivity contribution < 1.29 is 0 Å². The van der Waals surface area contributed by atoms with E-state index in [1.807, 2.05) is 10.9 Å². The highest BCUT2D eigenvalue weighted by atomic mass is 79.9. The summed E-state index contributed by atoms with van der Waals surface area (Å²) >= 11 is 5.23. The number of nitrogens with zero attached hydrogens (tertiary/aromatic N) is 2. The summed E-state index contributed by atoms with van der Waals surface area (Å²) in [5.74, 6) is 0. The van der Waals surface area contributed by atoms with Crippen LogP contribution in [0.5, 0.6) is 0 Å². The van der Waals surface area contributed by atoms with Crippen molar-refractivity contribution in [2.75, 3.05) is 0 Å². The van der Waals surface area contributed by atoms with E-state index in [1.54, 1.807) is 11.3 Å². The molecule has 0 spiro atoms. The van der Waals surface area contributed by atoms with Crippen molar-refractivity contribution >= 4 is 27.3 Å². The zero-order chi connectivity index (χ0) is 11.4. The molecule has 2 aromatic heterocycles. The lowest BCUT2D eigenvalue weighted by molar-refractivity contribution is 0.583. The minimum atomic E-state index is 0.864. The largest absolute Gasteiger partial charge is 0.306 e. The molecule has 0 amide bonds. The SMILES string of the molecule is CCn1nccc1CNCc1ccc(Br)s1. The first-order valence-electron chi connectivity index (χ1n) is 5.25. The van der Waals surface area contributed by atoms with E-state index >= 15 is 0 Å². The minimum Gasteiger partial charge on any atom is -0.306 e. The first-order chi connectivity index (χ1) is 7.79. The summed E-state index contributed by atoms with van der Waals surface area (Å²) in [6.07, 6.45) is 1.85. The van der Waals surface area contributed by atoms with Gasteiger partial charge in [-0.25, -0.2) is 0 Å². The Morgan fingerprint density at radius 3 is 2.94 bits per heavy atom. The molecule has 0 aliphatic rings. The van der Waals surface area contributed by atoms with Crippen LogP contribution in [0.2, 0.25) is 0 Å². The quantitative estimate of drug-likeness (QED) is 0.920. The minimum absolute atomic E-state index is 0.864. The third-order valence-electron chi connectivity index (χ3n) is 2.34. The zero-order valence-electron chi connectivity index (χ0n) is 9.11. The molecule has 2 rings (SSSR count). The van der Waals surface area contributed by atoms with E-state index in [4.69, 9.17) is 0 Å². The Hall–Kier alpha value is -0.650. The Morgan fingerprint density at radius 1 is 1.38 bits per heavy atom. The van der Waals surface area contributed by atoms with Gasteiger partial charge < -0.3 is 5.32 Å². The van der Waals surface area contributed by atoms with Gasteiger partial charge in [-0.05, 0) is 41.1 Å². The second-order valence-corrected chi connectivity index (χ2v) is 6.00. The molecule has 2 aromatic rings. The van der Waals surface area contributed by atoms with Crippen LogP contribution in [0.3, 0.4) is 0 Å². The van der Waals surface area contributed by atoms with Gasteiger partial charge in [-0.1, -0.05) is 0 Å². The molecule has 2 heterocycles. The lowest BCUT2D eigenvalue weighted by atomic mass is 10.4. The molecule has 3 nitrogen and oxygen atoms in total. The van der Waals surface area contributed by atoms with Crippen LogP contribution in [0.1, 0.15) is 17.5 Å². The third kappa shape index (κ3) is 2.93. The van der Waals surface area contributed by atoms with Crippen LogP contribution in [-0.4, -0.2) is 9.78 Å². The summed E-state index contributed by atoms with van der Waals surface area (Å²) in [6.45, 7) is 4.80. The summed E-state index contributed by atoms with van der Waals surface area (Å²) in [6, 6.07) is 6.28. The molecule has 0 fully saturated rings. The Morgan fingerprint density at radius 2 is 2.25 bits per heavy atom. The fraction of sp³-hybridized carbons (Fsp3) is 0.364. The predicted molar refractivity (Wildman–Crippen MR) is 70.5 cm³/mol. The van der Waals surface area contributed by atoms with Gasteiger partial charge in [-0.2, -0.15) is 5.10 Å². The maximum atomic E-state index is 4.24. The summed E-state index contributed by atoms with van der Waals surface area (Å²) in [4.78, 5) is 1.34. The molecular formula is C11H14BrN3S. The number of hydrogen-bond acceptors (Lipinski definition) is 3. The number of halogens is 1. The highest BCUT2D eigenvalue weighted by Crippen LogP contribution is 2.21. The van der Waals surface area contributed by atoms with Crippen LogP contribution in [0, 0.1) is 0 Å². The molecule has 5 heteroatoms. The number of nitrogens with one attached hydrogen (secondary N) is 1. The standard InChI is InChI=1S/C11H14BrN3S/c1-2-15-9(5-6-14-15)7-13-8-10-3-4-11(12)16-10/h3-6,13H,2,7-8H2,1H3. The molecule has 0 saturated heterocycles. The first-order valence-corrected chi connectivity index (χ1v) is 6.86. The van der Waals surface area contributed by atoms with E-state index in [9.17, 15) is 0 Å². The van der Waals surface area contributed by atoms with Gasteiger partial charge in [-0.3, -0.25) is 4.68 Å². The van der Waals surface area contributed by atoms with Crippen LogP contribution in [0.4, 0.5) is 0 Å². The van der Waals surface area contributed by atoms with Gasteiger partial charge in [0.25, 0.3) is 0 Å². The average molecular weight is 300 g/mol. The van der Waals surface area contributed by atoms with Gasteiger partial charge in [0, 0.05) is 30.7 Å². The molecule has 86 valence electrons. The normalized spacial score (nSPS) is 10.9. The van der Waals surface area contributed by atoms with E-state index < -0.39 is 0 Å². The maximum absolute atomic E-state index is 4.24. The monoisotopic (exact) mass is 299 g/mol. The van der Waals surface area contributed by atoms with Crippen LogP contribution < -0.4 is 5.32 Å². The van der Waals surface area contributed by atoms with E-state index in [1.165, 1.54) is 14.4 Å². The molecule has 0 atom stereocenters. The predicted octanol–water partition coefficient (Wildman–Crippen LogP) is 3.02. The molecule has 1 N–H and O–H groups in total. The van der Waals surface area contributed by atoms with Gasteiger partial charge in [-0.15, -0.1) is 11.3 Å². The zero-order valence-corrected chi connectivity index (χ0v) is 11.5. The number of rotatable bonds is 5. The molecule has 0 saturated carbocycles. The van der Waals surface area contributed by atoms with E-state index in [2.05, 4.69) is 51.5 Å². The summed E-state index contributed by atoms with van der Waals surface area (Å²) in [5, 5.41) is 7.66. The summed E-state index contributed by atoms with van der Waals surface area (Å²) in [5.41, 5.74) is 1.23. The lowest BCUT2D eigenvalue weighted by Gasteiger charge is -2.05. The van der Waals surface area contributed by atoms with Gasteiger partial charge in [0.2, 0.25) is 0 Å². The maximum Gasteiger partial charge on any atom is 0.0701 e. The van der Waals surface area contributed by atoms with Crippen molar-refractivity contribution in [3.63, 3.8) is 0 Å². The fourth-order valence-electron chi connectivity index (χ4n) is 1.56. The molecule has 0 unspecified atom stereocenters. The molecule has 0 aliphatic carbocycles. The Bertz CT molecular complexity index is 450. The van der Waals surface area contributed by atoms with Gasteiger partial charge >= 0.3 is 0 Å². The average Bonchev–Trinajstić information content (AvgIpc) is 2.87. The Labute approximate surface area is 108 Å². The van der Waals surface area contributed by atoms with Crippen molar-refractivity contribution in [1.82, 2.24) is 15.1 Å². The van der Waals surface area contributed by atoms with Crippen molar-refractivity contribution in [2.45, 2.75) is 26.6 Å². The third-order valence-corrected chi connectivity index (χ3v) is 3.96. The first kappa shape index (κ1) is 11.8. The second kappa shape index (κ2) is 5.61. The summed E-state index contributed by atoms with van der Waals surface area (Å²) < 4.78 is 3.19. The second-order valence-electron chi connectivity index (χ2n) is 3.45. The molecule has 0 bridgehead atoms. The van der Waals surface area contributed by atoms with Gasteiger partial charge in [0.15, 0.2) is 0 Å². The van der Waals surface area contributed by atoms with Crippen LogP contribution >= 0.6 is 27.3 Å². The van der Waals surface area contributed by atoms with Gasteiger partial charge in [0.1, 0.15) is 0 Å². The highest BCUT2D eigenvalue weighted by molar-refractivity contribution is 9.11. The number of thiophene rings is 1. The number of aryl methyl sites for hydroxylation is 1. The van der Waals surface area contributed by atoms with Crippen LogP contribution in [0.15, 0.2) is 28.2 Å². The van der Waals surface area contributed by atoms with Crippen molar-refractivity contribution in [3.8, 4) is 0 Å². The summed E-state index contributed by atoms with van der Waals surface area (Å²) in [7, 11) is 0. The van der Waals surface area contributed by atoms with Crippen molar-refractivity contribution in [3.05, 3.63) is 38.8 Å². The van der Waals surface area contributed by atoms with E-state index in [0.29, 0.717) is 0 Å². The van der Waals surface area contributed by atoms with Crippen LogP contribution in [-0.2, 0) is 19.6 Å². The van der Waals surface area contributed by atoms with Crippen molar-refractivity contribution in [1.29, 1.82) is 0 Å². The van der Waals surface area contributed by atoms with E-state index in [0.717, 1.165) is 19.6 Å². The number of hydrogen-bond donors (Lipinski definition) is 1. The van der Waals surface area contributed by atoms with Crippen molar-refractivity contribution in [2.24, 2.45) is 0 Å². The molecule has 0 radical (unpaired) electrons.